The fourth-order valence-electron chi connectivity index (χ4n) is 1.93. The van der Waals surface area contributed by atoms with E-state index in [1.54, 1.807) is 12.1 Å². The first-order valence-corrected chi connectivity index (χ1v) is 6.11. The van der Waals surface area contributed by atoms with Gasteiger partial charge in [0.05, 0.1) is 4.92 Å². The van der Waals surface area contributed by atoms with Crippen molar-refractivity contribution in [2.45, 2.75) is 20.4 Å². The van der Waals surface area contributed by atoms with Crippen molar-refractivity contribution >= 4 is 11.4 Å². The number of hydrogen-bond donors (Lipinski definition) is 1. The maximum absolute atomic E-state index is 10.7. The average Bonchev–Trinajstić information content (AvgIpc) is 2.41. The van der Waals surface area contributed by atoms with Gasteiger partial charge in [-0.25, -0.2) is 0 Å². The van der Waals surface area contributed by atoms with E-state index in [0.29, 0.717) is 6.54 Å². The summed E-state index contributed by atoms with van der Waals surface area (Å²) in [7, 11) is 0. The van der Waals surface area contributed by atoms with Gasteiger partial charge in [0.2, 0.25) is 0 Å². The zero-order chi connectivity index (χ0) is 13.8. The molecule has 2 rings (SSSR count). The van der Waals surface area contributed by atoms with Crippen molar-refractivity contribution < 1.29 is 4.92 Å². The summed E-state index contributed by atoms with van der Waals surface area (Å²) < 4.78 is 0. The van der Waals surface area contributed by atoms with Crippen LogP contribution in [0.1, 0.15) is 16.7 Å². The summed E-state index contributed by atoms with van der Waals surface area (Å²) in [5, 5.41) is 13.9. The number of rotatable bonds is 4. The molecule has 0 aliphatic heterocycles. The zero-order valence-corrected chi connectivity index (χ0v) is 11.0. The zero-order valence-electron chi connectivity index (χ0n) is 11.0. The Morgan fingerprint density at radius 2 is 1.89 bits per heavy atom. The molecule has 4 heteroatoms. The van der Waals surface area contributed by atoms with Crippen LogP contribution in [0.3, 0.4) is 0 Å². The molecule has 0 bridgehead atoms. The Kier molecular flexibility index (Phi) is 3.80. The van der Waals surface area contributed by atoms with Crippen LogP contribution in [0.2, 0.25) is 0 Å². The van der Waals surface area contributed by atoms with Crippen LogP contribution in [-0.2, 0) is 6.54 Å². The molecule has 0 aromatic heterocycles. The maximum atomic E-state index is 10.7. The van der Waals surface area contributed by atoms with Gasteiger partial charge in [-0.1, -0.05) is 24.3 Å². The summed E-state index contributed by atoms with van der Waals surface area (Å²) in [5.74, 6) is 0. The van der Waals surface area contributed by atoms with Gasteiger partial charge in [-0.15, -0.1) is 0 Å². The number of nitro benzene ring substituents is 1. The maximum Gasteiger partial charge on any atom is 0.271 e. The van der Waals surface area contributed by atoms with Crippen molar-refractivity contribution in [1.29, 1.82) is 0 Å². The molecule has 0 fully saturated rings. The smallest absolute Gasteiger partial charge is 0.271 e. The van der Waals surface area contributed by atoms with E-state index in [0.717, 1.165) is 5.69 Å². The molecule has 0 saturated carbocycles. The van der Waals surface area contributed by atoms with Gasteiger partial charge in [0, 0.05) is 24.4 Å². The van der Waals surface area contributed by atoms with Crippen LogP contribution in [0, 0.1) is 24.0 Å². The van der Waals surface area contributed by atoms with Gasteiger partial charge in [-0.2, -0.15) is 0 Å². The first-order valence-electron chi connectivity index (χ1n) is 6.11. The van der Waals surface area contributed by atoms with Crippen LogP contribution in [0.25, 0.3) is 0 Å². The largest absolute Gasteiger partial charge is 0.381 e. The third-order valence-electron chi connectivity index (χ3n) is 3.26. The Hall–Kier alpha value is -2.36. The van der Waals surface area contributed by atoms with Gasteiger partial charge in [0.1, 0.15) is 0 Å². The van der Waals surface area contributed by atoms with E-state index < -0.39 is 0 Å². The van der Waals surface area contributed by atoms with Crippen LogP contribution in [0.5, 0.6) is 0 Å². The topological polar surface area (TPSA) is 55.2 Å². The number of nitrogens with zero attached hydrogens (tertiary/aromatic N) is 1. The molecular formula is C15H16N2O2. The first kappa shape index (κ1) is 13.1. The van der Waals surface area contributed by atoms with E-state index in [-0.39, 0.29) is 10.6 Å². The van der Waals surface area contributed by atoms with Crippen molar-refractivity contribution in [2.24, 2.45) is 0 Å². The van der Waals surface area contributed by atoms with Crippen LogP contribution in [-0.4, -0.2) is 4.92 Å². The predicted octanol–water partition coefficient (Wildman–Crippen LogP) is 3.82. The minimum Gasteiger partial charge on any atom is -0.381 e. The number of non-ortho nitro benzene ring substituents is 1. The first-order chi connectivity index (χ1) is 9.08. The molecule has 19 heavy (non-hydrogen) atoms. The second kappa shape index (κ2) is 5.52. The third-order valence-corrected chi connectivity index (χ3v) is 3.26. The number of nitro groups is 1. The third kappa shape index (κ3) is 3.10. The molecular weight excluding hydrogens is 240 g/mol. The number of anilines is 1. The highest BCUT2D eigenvalue weighted by Gasteiger charge is 2.06. The summed E-state index contributed by atoms with van der Waals surface area (Å²) in [6.07, 6.45) is 0. The second-order valence-corrected chi connectivity index (χ2v) is 4.52. The van der Waals surface area contributed by atoms with Crippen LogP contribution in [0.4, 0.5) is 11.4 Å². The van der Waals surface area contributed by atoms with E-state index >= 15 is 0 Å². The Labute approximate surface area is 112 Å². The standard InChI is InChI=1S/C15H16N2O2/c1-11-5-3-6-13(12(11)2)10-16-14-7-4-8-15(9-14)17(18)19/h3-9,16H,10H2,1-2H3. The van der Waals surface area contributed by atoms with Crippen molar-refractivity contribution in [3.8, 4) is 0 Å². The van der Waals surface area contributed by atoms with E-state index in [4.69, 9.17) is 0 Å². The minimum absolute atomic E-state index is 0.103. The van der Waals surface area contributed by atoms with E-state index in [1.165, 1.54) is 22.8 Å². The Morgan fingerprint density at radius 1 is 1.16 bits per heavy atom. The van der Waals surface area contributed by atoms with Gasteiger partial charge >= 0.3 is 0 Å². The monoisotopic (exact) mass is 256 g/mol. The summed E-state index contributed by atoms with van der Waals surface area (Å²) in [6.45, 7) is 4.82. The number of aryl methyl sites for hydroxylation is 1. The fraction of sp³-hybridized carbons (Fsp3) is 0.200. The molecule has 0 aliphatic rings. The van der Waals surface area contributed by atoms with Crippen LogP contribution < -0.4 is 5.32 Å². The Balaban J connectivity index is 2.12. The van der Waals surface area contributed by atoms with Crippen molar-refractivity contribution in [3.63, 3.8) is 0 Å². The van der Waals surface area contributed by atoms with E-state index in [9.17, 15) is 10.1 Å². The Morgan fingerprint density at radius 3 is 2.63 bits per heavy atom. The molecule has 0 aliphatic carbocycles. The molecule has 2 aromatic rings. The van der Waals surface area contributed by atoms with E-state index in [1.807, 2.05) is 12.1 Å². The molecule has 0 unspecified atom stereocenters. The lowest BCUT2D eigenvalue weighted by Crippen LogP contribution is -2.02. The molecule has 0 radical (unpaired) electrons. The average molecular weight is 256 g/mol. The molecule has 0 amide bonds. The summed E-state index contributed by atoms with van der Waals surface area (Å²) in [5.41, 5.74) is 4.56. The molecule has 0 saturated heterocycles. The highest BCUT2D eigenvalue weighted by molar-refractivity contribution is 5.51. The molecule has 1 N–H and O–H groups in total. The van der Waals surface area contributed by atoms with Crippen molar-refractivity contribution in [3.05, 3.63) is 69.3 Å². The van der Waals surface area contributed by atoms with Gasteiger partial charge < -0.3 is 5.32 Å². The lowest BCUT2D eigenvalue weighted by Gasteiger charge is -2.10. The van der Waals surface area contributed by atoms with Crippen molar-refractivity contribution in [2.75, 3.05) is 5.32 Å². The molecule has 4 nitrogen and oxygen atoms in total. The number of nitrogens with one attached hydrogen (secondary N) is 1. The quantitative estimate of drug-likeness (QED) is 0.668. The number of hydrogen-bond acceptors (Lipinski definition) is 3. The number of benzene rings is 2. The predicted molar refractivity (Wildman–Crippen MR) is 76.3 cm³/mol. The molecule has 0 spiro atoms. The SMILES string of the molecule is Cc1cccc(CNc2cccc([N+](=O)[O-])c2)c1C. The normalized spacial score (nSPS) is 10.2. The fourth-order valence-corrected chi connectivity index (χ4v) is 1.93. The lowest BCUT2D eigenvalue weighted by atomic mass is 10.0. The van der Waals surface area contributed by atoms with Gasteiger partial charge in [-0.05, 0) is 36.6 Å². The molecule has 0 heterocycles. The minimum atomic E-state index is -0.386. The van der Waals surface area contributed by atoms with Crippen molar-refractivity contribution in [1.82, 2.24) is 0 Å². The summed E-state index contributed by atoms with van der Waals surface area (Å²) in [4.78, 5) is 10.3. The molecule has 0 atom stereocenters. The van der Waals surface area contributed by atoms with Gasteiger partial charge in [0.25, 0.3) is 5.69 Å². The second-order valence-electron chi connectivity index (χ2n) is 4.52. The van der Waals surface area contributed by atoms with Crippen LogP contribution in [0.15, 0.2) is 42.5 Å². The van der Waals surface area contributed by atoms with E-state index in [2.05, 4.69) is 31.3 Å². The Bertz CT molecular complexity index is 609. The highest BCUT2D eigenvalue weighted by Crippen LogP contribution is 2.19. The molecule has 98 valence electrons. The lowest BCUT2D eigenvalue weighted by molar-refractivity contribution is -0.384. The van der Waals surface area contributed by atoms with Gasteiger partial charge in [0.15, 0.2) is 0 Å². The van der Waals surface area contributed by atoms with Crippen LogP contribution >= 0.6 is 0 Å². The molecule has 2 aromatic carbocycles. The van der Waals surface area contributed by atoms with Gasteiger partial charge in [-0.3, -0.25) is 10.1 Å². The summed E-state index contributed by atoms with van der Waals surface area (Å²) >= 11 is 0. The highest BCUT2D eigenvalue weighted by atomic mass is 16.6. The summed E-state index contributed by atoms with van der Waals surface area (Å²) in [6, 6.07) is 12.7.